The van der Waals surface area contributed by atoms with Crippen LogP contribution in [0, 0.1) is 25.7 Å². The number of aromatic nitrogens is 4. The van der Waals surface area contributed by atoms with Crippen molar-refractivity contribution in [3.05, 3.63) is 65.3 Å². The smallest absolute Gasteiger partial charge is 0.179 e. The first-order chi connectivity index (χ1) is 32.7. The highest BCUT2D eigenvalue weighted by Gasteiger charge is 2.17. The summed E-state index contributed by atoms with van der Waals surface area (Å²) in [5, 5.41) is 10.9. The van der Waals surface area contributed by atoms with E-state index in [-0.39, 0.29) is 14.9 Å². The summed E-state index contributed by atoms with van der Waals surface area (Å²) in [6.07, 6.45) is 15.1. The molecule has 0 aliphatic carbocycles. The molecular formula is C52H83ClN10O6. The van der Waals surface area contributed by atoms with Gasteiger partial charge in [-0.1, -0.05) is 26.5 Å². The van der Waals surface area contributed by atoms with Crippen LogP contribution in [0.2, 0.25) is 5.15 Å². The Balaban J connectivity index is 0.000000244. The van der Waals surface area contributed by atoms with E-state index in [1.54, 1.807) is 32.7 Å². The Morgan fingerprint density at radius 1 is 0.623 bits per heavy atom. The molecule has 0 spiro atoms. The van der Waals surface area contributed by atoms with Crippen LogP contribution in [0.4, 0.5) is 28.8 Å². The predicted octanol–water partition coefficient (Wildman–Crippen LogP) is 9.93. The zero-order chi connectivity index (χ0) is 47.1. The monoisotopic (exact) mass is 979 g/mol. The molecule has 4 aromatic heterocycles. The van der Waals surface area contributed by atoms with Crippen LogP contribution in [-0.2, 0) is 9.47 Å². The Hall–Kier alpha value is -4.87. The van der Waals surface area contributed by atoms with E-state index in [1.165, 1.54) is 51.9 Å². The Morgan fingerprint density at radius 2 is 1.10 bits per heavy atom. The van der Waals surface area contributed by atoms with E-state index < -0.39 is 0 Å². The fraction of sp³-hybridized carbons (Fsp3) is 0.615. The van der Waals surface area contributed by atoms with Crippen molar-refractivity contribution < 1.29 is 28.4 Å². The standard InChI is InChI=1S/C25H37N5O3.C13H21N3O2.C12H17ClN2O.2CH4/c1-19-14-21(26-17-20-6-12-32-13-7-20)15-25(28-19)29-24-16-22(23(31-2)18-27-24)33-11-5-10-30-8-3-4-9-30;1-17-12-10-15-13(14)9-11(12)18-8-4-7-16-5-2-3-6-16;1-9-6-11(7-12(13)15-9)14-8-10-2-4-16-5-3-10;;/h14-16,18,20H,3-13,17H2,1-2H3,(H2,26,27,28,29);9-10H,2-8H2,1H3,(H2,14,15);6-7,10H,2-5,8H2,1H3,(H,14,15);2*1H4. The Labute approximate surface area is 418 Å². The zero-order valence-electron chi connectivity index (χ0n) is 40.3. The molecule has 4 aromatic rings. The molecule has 5 N–H and O–H groups in total. The van der Waals surface area contributed by atoms with Crippen molar-refractivity contribution in [1.29, 1.82) is 0 Å². The van der Waals surface area contributed by atoms with Gasteiger partial charge in [0.1, 0.15) is 22.6 Å². The Kier molecular flexibility index (Phi) is 25.8. The first kappa shape index (κ1) is 56.7. The molecule has 0 saturated carbocycles. The van der Waals surface area contributed by atoms with Gasteiger partial charge in [0, 0.05) is 93.6 Å². The maximum absolute atomic E-state index is 6.04. The molecule has 0 aromatic carbocycles. The molecular weight excluding hydrogens is 896 g/mol. The van der Waals surface area contributed by atoms with Crippen LogP contribution in [0.1, 0.15) is 90.4 Å². The van der Waals surface area contributed by atoms with Crippen LogP contribution in [-0.4, -0.2) is 136 Å². The normalized spacial score (nSPS) is 16.4. The van der Waals surface area contributed by atoms with Gasteiger partial charge in [-0.2, -0.15) is 0 Å². The summed E-state index contributed by atoms with van der Waals surface area (Å²) < 4.78 is 33.2. The number of hydrogen-bond acceptors (Lipinski definition) is 16. The van der Waals surface area contributed by atoms with Gasteiger partial charge < -0.3 is 59.9 Å². The van der Waals surface area contributed by atoms with Crippen molar-refractivity contribution in [2.75, 3.05) is 128 Å². The largest absolute Gasteiger partial charge is 0.491 e. The molecule has 0 bridgehead atoms. The SMILES string of the molecule is C.C.COc1cnc(N)cc1OCCCN1CCCC1.COc1cnc(Nc2cc(NCC3CCOCC3)cc(C)n2)cc1OCCCN1CCCC1.Cc1cc(NCC2CCOCC2)cc(Cl)n1. The number of anilines is 5. The number of nitrogens with zero attached hydrogens (tertiary/aromatic N) is 6. The second kappa shape index (κ2) is 31.4. The number of halogens is 1. The summed E-state index contributed by atoms with van der Waals surface area (Å²) in [6, 6.07) is 11.6. The predicted molar refractivity (Wildman–Crippen MR) is 281 cm³/mol. The number of pyridine rings is 4. The summed E-state index contributed by atoms with van der Waals surface area (Å²) >= 11 is 5.90. The van der Waals surface area contributed by atoms with Crippen LogP contribution in [0.3, 0.4) is 0 Å². The average Bonchev–Trinajstić information content (AvgIpc) is 4.07. The zero-order valence-corrected chi connectivity index (χ0v) is 41.1. The van der Waals surface area contributed by atoms with E-state index >= 15 is 0 Å². The van der Waals surface area contributed by atoms with E-state index in [9.17, 15) is 0 Å². The highest BCUT2D eigenvalue weighted by atomic mass is 35.5. The number of methoxy groups -OCH3 is 2. The fourth-order valence-electron chi connectivity index (χ4n) is 8.54. The molecule has 8 heterocycles. The van der Waals surface area contributed by atoms with Crippen LogP contribution >= 0.6 is 11.6 Å². The first-order valence-electron chi connectivity index (χ1n) is 24.3. The molecule has 384 valence electrons. The van der Waals surface area contributed by atoms with Gasteiger partial charge in [0.05, 0.1) is 39.8 Å². The lowest BCUT2D eigenvalue weighted by Gasteiger charge is -2.23. The number of rotatable bonds is 20. The van der Waals surface area contributed by atoms with Gasteiger partial charge >= 0.3 is 0 Å². The van der Waals surface area contributed by atoms with E-state index in [0.717, 1.165) is 120 Å². The van der Waals surface area contributed by atoms with Crippen LogP contribution in [0.25, 0.3) is 0 Å². The third-order valence-corrected chi connectivity index (χ3v) is 12.5. The highest BCUT2D eigenvalue weighted by molar-refractivity contribution is 6.29. The second-order valence-corrected chi connectivity index (χ2v) is 18.1. The maximum atomic E-state index is 6.04. The van der Waals surface area contributed by atoms with Crippen molar-refractivity contribution in [3.63, 3.8) is 0 Å². The Morgan fingerprint density at radius 3 is 1.61 bits per heavy atom. The number of likely N-dealkylation sites (tertiary alicyclic amines) is 2. The molecule has 17 heteroatoms. The second-order valence-electron chi connectivity index (χ2n) is 17.7. The average molecular weight is 980 g/mol. The summed E-state index contributed by atoms with van der Waals surface area (Å²) in [5.74, 6) is 5.88. The molecule has 16 nitrogen and oxygen atoms in total. The lowest BCUT2D eigenvalue weighted by atomic mass is 10.0. The van der Waals surface area contributed by atoms with Crippen molar-refractivity contribution in [1.82, 2.24) is 29.7 Å². The highest BCUT2D eigenvalue weighted by Crippen LogP contribution is 2.31. The maximum Gasteiger partial charge on any atom is 0.179 e. The molecule has 0 atom stereocenters. The van der Waals surface area contributed by atoms with Crippen LogP contribution in [0.15, 0.2) is 48.8 Å². The van der Waals surface area contributed by atoms with Gasteiger partial charge in [0.25, 0.3) is 0 Å². The summed E-state index contributed by atoms with van der Waals surface area (Å²) in [4.78, 5) is 22.2. The van der Waals surface area contributed by atoms with Gasteiger partial charge in [-0.3, -0.25) is 0 Å². The lowest BCUT2D eigenvalue weighted by Crippen LogP contribution is -2.22. The molecule has 4 fully saturated rings. The van der Waals surface area contributed by atoms with E-state index in [4.69, 9.17) is 45.8 Å². The third kappa shape index (κ3) is 20.6. The number of aryl methyl sites for hydroxylation is 2. The molecule has 4 aliphatic heterocycles. The van der Waals surface area contributed by atoms with Gasteiger partial charge in [0.15, 0.2) is 23.0 Å². The summed E-state index contributed by atoms with van der Waals surface area (Å²) in [5.41, 5.74) is 9.64. The minimum absolute atomic E-state index is 0. The Bertz CT molecular complexity index is 2030. The molecule has 4 saturated heterocycles. The van der Waals surface area contributed by atoms with Crippen LogP contribution < -0.4 is 40.6 Å². The molecule has 69 heavy (non-hydrogen) atoms. The molecule has 0 amide bonds. The first-order valence-corrected chi connectivity index (χ1v) is 24.7. The van der Waals surface area contributed by atoms with E-state index in [1.807, 2.05) is 38.1 Å². The number of nitrogens with two attached hydrogens (primary N) is 1. The number of nitrogens with one attached hydrogen (secondary N) is 3. The van der Waals surface area contributed by atoms with Gasteiger partial charge in [0.2, 0.25) is 0 Å². The molecule has 0 unspecified atom stereocenters. The lowest BCUT2D eigenvalue weighted by molar-refractivity contribution is 0.0698. The number of hydrogen-bond donors (Lipinski definition) is 4. The summed E-state index contributed by atoms with van der Waals surface area (Å²) in [6.45, 7) is 17.8. The van der Waals surface area contributed by atoms with Crippen molar-refractivity contribution in [2.45, 2.75) is 92.9 Å². The number of nitrogen functional groups attached to an aromatic ring is 1. The van der Waals surface area contributed by atoms with Crippen molar-refractivity contribution in [3.8, 4) is 23.0 Å². The van der Waals surface area contributed by atoms with Crippen molar-refractivity contribution >= 4 is 40.4 Å². The topological polar surface area (TPSA) is 176 Å². The minimum atomic E-state index is 0. The quantitative estimate of drug-likeness (QED) is 0.0486. The van der Waals surface area contributed by atoms with Crippen LogP contribution in [0.5, 0.6) is 23.0 Å². The molecule has 8 rings (SSSR count). The molecule has 0 radical (unpaired) electrons. The molecule has 4 aliphatic rings. The van der Waals surface area contributed by atoms with Gasteiger partial charge in [-0.25, -0.2) is 19.9 Å². The fourth-order valence-corrected chi connectivity index (χ4v) is 8.79. The third-order valence-electron chi connectivity index (χ3n) is 12.3. The van der Waals surface area contributed by atoms with E-state index in [2.05, 4.69) is 51.8 Å². The van der Waals surface area contributed by atoms with Crippen molar-refractivity contribution in [2.24, 2.45) is 11.8 Å². The summed E-state index contributed by atoms with van der Waals surface area (Å²) in [7, 11) is 3.24. The van der Waals surface area contributed by atoms with Gasteiger partial charge in [-0.15, -0.1) is 0 Å². The minimum Gasteiger partial charge on any atom is -0.491 e. The number of ether oxygens (including phenoxy) is 6. The van der Waals surface area contributed by atoms with Gasteiger partial charge in [-0.05, 0) is 134 Å². The van der Waals surface area contributed by atoms with E-state index in [0.29, 0.717) is 64.8 Å².